The molecule has 0 radical (unpaired) electrons. The quantitative estimate of drug-likeness (QED) is 0.245. The van der Waals surface area contributed by atoms with Gasteiger partial charge < -0.3 is 14.2 Å². The van der Waals surface area contributed by atoms with Crippen LogP contribution in [0.4, 0.5) is 5.69 Å². The summed E-state index contributed by atoms with van der Waals surface area (Å²) in [6.45, 7) is 3.94. The number of amides is 1. The SMILES string of the molecule is Cc1cc(OCCCn2c(C3CC(=O)N(c4ccccc4Br)C3)nc3ccccc32)ccc1Cl. The lowest BCUT2D eigenvalue weighted by atomic mass is 10.1. The molecule has 3 aromatic carbocycles. The Hall–Kier alpha value is -2.83. The minimum atomic E-state index is 0.0341. The van der Waals surface area contributed by atoms with Crippen LogP contribution < -0.4 is 9.64 Å². The van der Waals surface area contributed by atoms with Gasteiger partial charge in [0, 0.05) is 34.9 Å². The number of carbonyl (C=O) groups excluding carboxylic acids is 1. The molecule has 0 bridgehead atoms. The van der Waals surface area contributed by atoms with E-state index >= 15 is 0 Å². The van der Waals surface area contributed by atoms with E-state index in [2.05, 4.69) is 26.6 Å². The van der Waals surface area contributed by atoms with Crippen molar-refractivity contribution in [3.8, 4) is 5.75 Å². The van der Waals surface area contributed by atoms with E-state index in [9.17, 15) is 4.79 Å². The molecule has 5 rings (SSSR count). The van der Waals surface area contributed by atoms with E-state index in [0.29, 0.717) is 19.6 Å². The van der Waals surface area contributed by atoms with Crippen molar-refractivity contribution in [2.45, 2.75) is 32.2 Å². The van der Waals surface area contributed by atoms with Gasteiger partial charge in [-0.15, -0.1) is 0 Å². The van der Waals surface area contributed by atoms with Gasteiger partial charge in [0.25, 0.3) is 0 Å². The normalized spacial score (nSPS) is 15.9. The van der Waals surface area contributed by atoms with E-state index in [4.69, 9.17) is 21.3 Å². The molecule has 4 aromatic rings. The third-order valence-corrected chi connectivity index (χ3v) is 7.34. The summed E-state index contributed by atoms with van der Waals surface area (Å²) in [5.74, 6) is 1.94. The number of rotatable bonds is 7. The van der Waals surface area contributed by atoms with Crippen LogP contribution in [0.15, 0.2) is 71.2 Å². The number of carbonyl (C=O) groups is 1. The van der Waals surface area contributed by atoms with Gasteiger partial charge in [0.15, 0.2) is 0 Å². The Balaban J connectivity index is 1.34. The summed E-state index contributed by atoms with van der Waals surface area (Å²) in [4.78, 5) is 19.8. The Kier molecular flexibility index (Phi) is 6.61. The lowest BCUT2D eigenvalue weighted by Gasteiger charge is -2.19. The van der Waals surface area contributed by atoms with Crippen LogP contribution in [0, 0.1) is 6.92 Å². The Bertz CT molecular complexity index is 1350. The zero-order valence-electron chi connectivity index (χ0n) is 18.9. The van der Waals surface area contributed by atoms with Crippen molar-refractivity contribution in [2.24, 2.45) is 0 Å². The molecule has 2 heterocycles. The van der Waals surface area contributed by atoms with Crippen molar-refractivity contribution in [1.29, 1.82) is 0 Å². The lowest BCUT2D eigenvalue weighted by Crippen LogP contribution is -2.25. The minimum Gasteiger partial charge on any atom is -0.494 e. The Labute approximate surface area is 212 Å². The second-order valence-corrected chi connectivity index (χ2v) is 9.84. The molecule has 1 fully saturated rings. The van der Waals surface area contributed by atoms with Crippen molar-refractivity contribution >= 4 is 50.2 Å². The van der Waals surface area contributed by atoms with Crippen LogP contribution in [0.1, 0.15) is 30.1 Å². The first-order valence-electron chi connectivity index (χ1n) is 11.4. The molecule has 0 spiro atoms. The number of benzene rings is 3. The fourth-order valence-corrected chi connectivity index (χ4v) is 5.16. The van der Waals surface area contributed by atoms with Gasteiger partial charge in [-0.3, -0.25) is 4.79 Å². The molecule has 1 atom stereocenters. The molecule has 7 heteroatoms. The predicted octanol–water partition coefficient (Wildman–Crippen LogP) is 6.75. The fourth-order valence-electron chi connectivity index (χ4n) is 4.54. The van der Waals surface area contributed by atoms with E-state index < -0.39 is 0 Å². The lowest BCUT2D eigenvalue weighted by molar-refractivity contribution is -0.117. The Morgan fingerprint density at radius 1 is 1.12 bits per heavy atom. The summed E-state index contributed by atoms with van der Waals surface area (Å²) in [6, 6.07) is 21.7. The molecular weight excluding hydrogens is 514 g/mol. The minimum absolute atomic E-state index is 0.0341. The summed E-state index contributed by atoms with van der Waals surface area (Å²) < 4.78 is 9.14. The molecule has 1 saturated heterocycles. The third kappa shape index (κ3) is 4.57. The molecule has 5 nitrogen and oxygen atoms in total. The summed E-state index contributed by atoms with van der Waals surface area (Å²) in [6.07, 6.45) is 1.27. The van der Waals surface area contributed by atoms with Crippen molar-refractivity contribution in [1.82, 2.24) is 9.55 Å². The largest absolute Gasteiger partial charge is 0.494 e. The van der Waals surface area contributed by atoms with E-state index in [1.807, 2.05) is 72.5 Å². The number of anilines is 1. The molecule has 1 unspecified atom stereocenters. The topological polar surface area (TPSA) is 47.4 Å². The van der Waals surface area contributed by atoms with Crippen molar-refractivity contribution in [2.75, 3.05) is 18.1 Å². The summed E-state index contributed by atoms with van der Waals surface area (Å²) >= 11 is 9.70. The molecule has 1 aliphatic heterocycles. The molecule has 0 N–H and O–H groups in total. The molecule has 0 aliphatic carbocycles. The number of hydrogen-bond donors (Lipinski definition) is 0. The maximum Gasteiger partial charge on any atom is 0.227 e. The monoisotopic (exact) mass is 537 g/mol. The van der Waals surface area contributed by atoms with Crippen LogP contribution in [0.3, 0.4) is 0 Å². The van der Waals surface area contributed by atoms with Crippen LogP contribution in [-0.2, 0) is 11.3 Å². The molecular formula is C27H25BrClN3O2. The van der Waals surface area contributed by atoms with Crippen molar-refractivity contribution in [3.63, 3.8) is 0 Å². The summed E-state index contributed by atoms with van der Waals surface area (Å²) in [5, 5.41) is 0.740. The van der Waals surface area contributed by atoms with Gasteiger partial charge in [0.2, 0.25) is 5.91 Å². The average Bonchev–Trinajstić information content (AvgIpc) is 3.40. The molecule has 1 aromatic heterocycles. The van der Waals surface area contributed by atoms with E-state index in [1.54, 1.807) is 0 Å². The highest BCUT2D eigenvalue weighted by atomic mass is 79.9. The van der Waals surface area contributed by atoms with Crippen LogP contribution in [0.25, 0.3) is 11.0 Å². The smallest absolute Gasteiger partial charge is 0.227 e. The number of aryl methyl sites for hydroxylation is 2. The zero-order valence-corrected chi connectivity index (χ0v) is 21.2. The first-order valence-corrected chi connectivity index (χ1v) is 12.6. The highest BCUT2D eigenvalue weighted by molar-refractivity contribution is 9.10. The third-order valence-electron chi connectivity index (χ3n) is 6.24. The van der Waals surface area contributed by atoms with Crippen LogP contribution in [0.5, 0.6) is 5.75 Å². The highest BCUT2D eigenvalue weighted by Crippen LogP contribution is 2.36. The first-order chi connectivity index (χ1) is 16.5. The first kappa shape index (κ1) is 22.9. The molecule has 0 saturated carbocycles. The molecule has 34 heavy (non-hydrogen) atoms. The van der Waals surface area contributed by atoms with Gasteiger partial charge in [0.1, 0.15) is 11.6 Å². The highest BCUT2D eigenvalue weighted by Gasteiger charge is 2.35. The number of halogens is 2. The number of para-hydroxylation sites is 3. The molecule has 174 valence electrons. The predicted molar refractivity (Wildman–Crippen MR) is 140 cm³/mol. The van der Waals surface area contributed by atoms with Gasteiger partial charge in [0.05, 0.1) is 23.3 Å². The van der Waals surface area contributed by atoms with Gasteiger partial charge in [-0.25, -0.2) is 4.98 Å². The number of aromatic nitrogens is 2. The Morgan fingerprint density at radius 3 is 2.74 bits per heavy atom. The van der Waals surface area contributed by atoms with Crippen LogP contribution in [0.2, 0.25) is 5.02 Å². The fraction of sp³-hybridized carbons (Fsp3) is 0.259. The maximum absolute atomic E-state index is 12.9. The second-order valence-electron chi connectivity index (χ2n) is 8.58. The number of nitrogens with zero attached hydrogens (tertiary/aromatic N) is 3. The van der Waals surface area contributed by atoms with Crippen LogP contribution >= 0.6 is 27.5 Å². The van der Waals surface area contributed by atoms with Crippen molar-refractivity contribution in [3.05, 3.63) is 87.6 Å². The maximum atomic E-state index is 12.9. The summed E-state index contributed by atoms with van der Waals surface area (Å²) in [7, 11) is 0. The Morgan fingerprint density at radius 2 is 1.91 bits per heavy atom. The van der Waals surface area contributed by atoms with Crippen molar-refractivity contribution < 1.29 is 9.53 Å². The van der Waals surface area contributed by atoms with Gasteiger partial charge in [-0.2, -0.15) is 0 Å². The average molecular weight is 539 g/mol. The molecule has 1 amide bonds. The van der Waals surface area contributed by atoms with E-state index in [0.717, 1.165) is 56.3 Å². The zero-order chi connectivity index (χ0) is 23.7. The van der Waals surface area contributed by atoms with Gasteiger partial charge in [-0.05, 0) is 77.3 Å². The molecule has 1 aliphatic rings. The van der Waals surface area contributed by atoms with Gasteiger partial charge in [-0.1, -0.05) is 35.9 Å². The van der Waals surface area contributed by atoms with Gasteiger partial charge >= 0.3 is 0 Å². The number of fused-ring (bicyclic) bond motifs is 1. The number of imidazole rings is 1. The van der Waals surface area contributed by atoms with Crippen LogP contribution in [-0.4, -0.2) is 28.6 Å². The number of hydrogen-bond acceptors (Lipinski definition) is 3. The number of ether oxygens (including phenoxy) is 1. The van der Waals surface area contributed by atoms with E-state index in [-0.39, 0.29) is 11.8 Å². The second kappa shape index (κ2) is 9.80. The summed E-state index contributed by atoms with van der Waals surface area (Å²) in [5.41, 5.74) is 3.96. The van der Waals surface area contributed by atoms with E-state index in [1.165, 1.54) is 0 Å². The standard InChI is InChI=1S/C27H25BrClN3O2/c1-18-15-20(11-12-22(18)29)34-14-6-13-31-25-10-5-3-8-23(25)30-27(31)19-16-26(33)32(17-19)24-9-4-2-7-21(24)28/h2-5,7-12,15,19H,6,13-14,16-17H2,1H3.